The van der Waals surface area contributed by atoms with Gasteiger partial charge in [-0.15, -0.1) is 11.6 Å². The second kappa shape index (κ2) is 5.37. The van der Waals surface area contributed by atoms with Crippen molar-refractivity contribution in [3.05, 3.63) is 36.0 Å². The number of alkyl halides is 1. The molecule has 1 atom stereocenters. The summed E-state index contributed by atoms with van der Waals surface area (Å²) >= 11 is 5.85. The Morgan fingerprint density at radius 3 is 2.82 bits per heavy atom. The molecule has 0 aliphatic carbocycles. The van der Waals surface area contributed by atoms with E-state index in [1.165, 1.54) is 0 Å². The molecule has 17 heavy (non-hydrogen) atoms. The number of halogens is 1. The number of ether oxygens (including phenoxy) is 1. The predicted octanol–water partition coefficient (Wildman–Crippen LogP) is 4.15. The summed E-state index contributed by atoms with van der Waals surface area (Å²) < 4.78 is 5.92. The van der Waals surface area contributed by atoms with Crippen LogP contribution in [0, 0.1) is 0 Å². The van der Waals surface area contributed by atoms with Gasteiger partial charge in [0.25, 0.3) is 0 Å². The normalized spacial score (nSPS) is 12.6. The molecule has 1 aromatic carbocycles. The Morgan fingerprint density at radius 1 is 1.35 bits per heavy atom. The zero-order valence-electron chi connectivity index (χ0n) is 10.1. The monoisotopic (exact) mass is 249 g/mol. The maximum atomic E-state index is 5.92. The van der Waals surface area contributed by atoms with Gasteiger partial charge in [0.05, 0.1) is 23.2 Å². The van der Waals surface area contributed by atoms with Crippen molar-refractivity contribution in [2.45, 2.75) is 32.3 Å². The molecular weight excluding hydrogens is 234 g/mol. The largest absolute Gasteiger partial charge is 0.490 e. The summed E-state index contributed by atoms with van der Waals surface area (Å²) in [6, 6.07) is 9.91. The van der Waals surface area contributed by atoms with E-state index in [0.29, 0.717) is 5.88 Å². The summed E-state index contributed by atoms with van der Waals surface area (Å²) in [4.78, 5) is 4.48. The van der Waals surface area contributed by atoms with Crippen LogP contribution >= 0.6 is 11.6 Å². The first-order valence-electron chi connectivity index (χ1n) is 5.86. The van der Waals surface area contributed by atoms with E-state index in [0.717, 1.165) is 28.8 Å². The smallest absolute Gasteiger partial charge is 0.130 e. The van der Waals surface area contributed by atoms with Gasteiger partial charge >= 0.3 is 0 Å². The van der Waals surface area contributed by atoms with Crippen LogP contribution in [0.5, 0.6) is 5.75 Å². The summed E-state index contributed by atoms with van der Waals surface area (Å²) in [6.45, 7) is 4.17. The van der Waals surface area contributed by atoms with Gasteiger partial charge in [-0.2, -0.15) is 0 Å². The molecule has 0 amide bonds. The molecule has 0 aliphatic heterocycles. The molecule has 0 radical (unpaired) electrons. The van der Waals surface area contributed by atoms with Gasteiger partial charge in [-0.1, -0.05) is 19.1 Å². The van der Waals surface area contributed by atoms with Crippen LogP contribution in [0.15, 0.2) is 30.3 Å². The van der Waals surface area contributed by atoms with E-state index < -0.39 is 0 Å². The Labute approximate surface area is 107 Å². The molecule has 0 spiro atoms. The van der Waals surface area contributed by atoms with Crippen molar-refractivity contribution < 1.29 is 4.74 Å². The van der Waals surface area contributed by atoms with Crippen LogP contribution in [-0.2, 0) is 5.88 Å². The third-order valence-corrected chi connectivity index (χ3v) is 3.05. The first-order valence-corrected chi connectivity index (χ1v) is 6.39. The maximum Gasteiger partial charge on any atom is 0.130 e. The molecule has 0 saturated carbocycles. The Balaban J connectivity index is 2.50. The van der Waals surface area contributed by atoms with Crippen molar-refractivity contribution >= 4 is 22.5 Å². The van der Waals surface area contributed by atoms with Crippen LogP contribution in [0.3, 0.4) is 0 Å². The molecule has 1 aromatic heterocycles. The molecular formula is C14H16ClNO. The summed E-state index contributed by atoms with van der Waals surface area (Å²) in [7, 11) is 0. The minimum Gasteiger partial charge on any atom is -0.490 e. The molecule has 2 aromatic rings. The number of nitrogens with zero attached hydrogens (tertiary/aromatic N) is 1. The molecule has 1 heterocycles. The number of hydrogen-bond donors (Lipinski definition) is 0. The average Bonchev–Trinajstić information content (AvgIpc) is 2.38. The number of hydrogen-bond acceptors (Lipinski definition) is 2. The number of fused-ring (bicyclic) bond motifs is 1. The van der Waals surface area contributed by atoms with Crippen molar-refractivity contribution in [3.8, 4) is 5.75 Å². The summed E-state index contributed by atoms with van der Waals surface area (Å²) in [5.41, 5.74) is 1.78. The molecule has 90 valence electrons. The van der Waals surface area contributed by atoms with Crippen LogP contribution < -0.4 is 4.74 Å². The molecule has 1 unspecified atom stereocenters. The lowest BCUT2D eigenvalue weighted by atomic mass is 10.2. The fraction of sp³-hybridized carbons (Fsp3) is 0.357. The zero-order chi connectivity index (χ0) is 12.3. The minimum atomic E-state index is 0.198. The van der Waals surface area contributed by atoms with E-state index in [4.69, 9.17) is 16.3 Å². The quantitative estimate of drug-likeness (QED) is 0.760. The van der Waals surface area contributed by atoms with Crippen molar-refractivity contribution in [3.63, 3.8) is 0 Å². The topological polar surface area (TPSA) is 22.1 Å². The minimum absolute atomic E-state index is 0.198. The lowest BCUT2D eigenvalue weighted by molar-refractivity contribution is 0.220. The standard InChI is InChI=1S/C14H16ClNO/c1-3-10(2)17-14-8-11(9-15)16-13-7-5-4-6-12(13)14/h4-8,10H,3,9H2,1-2H3. The second-order valence-corrected chi connectivity index (χ2v) is 4.37. The molecule has 0 N–H and O–H groups in total. The molecule has 3 heteroatoms. The lowest BCUT2D eigenvalue weighted by Crippen LogP contribution is -2.10. The highest BCUT2D eigenvalue weighted by molar-refractivity contribution is 6.17. The van der Waals surface area contributed by atoms with E-state index in [2.05, 4.69) is 18.8 Å². The van der Waals surface area contributed by atoms with Gasteiger partial charge in [0.1, 0.15) is 5.75 Å². The molecule has 2 nitrogen and oxygen atoms in total. The Bertz CT molecular complexity index is 513. The molecule has 0 bridgehead atoms. The third kappa shape index (κ3) is 2.70. The fourth-order valence-corrected chi connectivity index (χ4v) is 1.80. The van der Waals surface area contributed by atoms with Crippen LogP contribution in [0.4, 0.5) is 0 Å². The van der Waals surface area contributed by atoms with E-state index in [-0.39, 0.29) is 6.10 Å². The lowest BCUT2D eigenvalue weighted by Gasteiger charge is -2.15. The van der Waals surface area contributed by atoms with E-state index in [1.807, 2.05) is 30.3 Å². The van der Waals surface area contributed by atoms with Crippen LogP contribution in [0.25, 0.3) is 10.9 Å². The first kappa shape index (κ1) is 12.2. The van der Waals surface area contributed by atoms with E-state index in [9.17, 15) is 0 Å². The van der Waals surface area contributed by atoms with Crippen molar-refractivity contribution in [1.29, 1.82) is 0 Å². The third-order valence-electron chi connectivity index (χ3n) is 2.77. The van der Waals surface area contributed by atoms with Gasteiger partial charge in [-0.05, 0) is 25.5 Å². The fourth-order valence-electron chi connectivity index (χ4n) is 1.66. The number of aromatic nitrogens is 1. The highest BCUT2D eigenvalue weighted by Crippen LogP contribution is 2.27. The van der Waals surface area contributed by atoms with Gasteiger partial charge in [-0.25, -0.2) is 0 Å². The van der Waals surface area contributed by atoms with Crippen LogP contribution in [0.2, 0.25) is 0 Å². The SMILES string of the molecule is CCC(C)Oc1cc(CCl)nc2ccccc12. The summed E-state index contributed by atoms with van der Waals surface area (Å²) in [6.07, 6.45) is 1.18. The van der Waals surface area contributed by atoms with Crippen LogP contribution in [0.1, 0.15) is 26.0 Å². The van der Waals surface area contributed by atoms with Gasteiger partial charge in [0, 0.05) is 11.5 Å². The number of rotatable bonds is 4. The van der Waals surface area contributed by atoms with Crippen LogP contribution in [-0.4, -0.2) is 11.1 Å². The molecule has 2 rings (SSSR count). The predicted molar refractivity (Wildman–Crippen MR) is 71.7 cm³/mol. The Kier molecular flexibility index (Phi) is 3.85. The van der Waals surface area contributed by atoms with Crippen molar-refractivity contribution in [2.24, 2.45) is 0 Å². The highest BCUT2D eigenvalue weighted by Gasteiger charge is 2.08. The maximum absolute atomic E-state index is 5.92. The summed E-state index contributed by atoms with van der Waals surface area (Å²) in [5, 5.41) is 1.04. The number of para-hydroxylation sites is 1. The van der Waals surface area contributed by atoms with Gasteiger partial charge in [0.2, 0.25) is 0 Å². The molecule has 0 saturated heterocycles. The van der Waals surface area contributed by atoms with Gasteiger partial charge in [0.15, 0.2) is 0 Å². The molecule has 0 fully saturated rings. The second-order valence-electron chi connectivity index (χ2n) is 4.10. The highest BCUT2D eigenvalue weighted by atomic mass is 35.5. The number of pyridine rings is 1. The van der Waals surface area contributed by atoms with Crippen molar-refractivity contribution in [2.75, 3.05) is 0 Å². The summed E-state index contributed by atoms with van der Waals surface area (Å²) in [5.74, 6) is 1.28. The molecule has 0 aliphatic rings. The van der Waals surface area contributed by atoms with Gasteiger partial charge in [-0.3, -0.25) is 4.98 Å². The zero-order valence-corrected chi connectivity index (χ0v) is 10.9. The van der Waals surface area contributed by atoms with Gasteiger partial charge < -0.3 is 4.74 Å². The number of benzene rings is 1. The average molecular weight is 250 g/mol. The van der Waals surface area contributed by atoms with E-state index >= 15 is 0 Å². The van der Waals surface area contributed by atoms with Crippen molar-refractivity contribution in [1.82, 2.24) is 4.98 Å². The Hall–Kier alpha value is -1.28. The first-order chi connectivity index (χ1) is 8.24. The Morgan fingerprint density at radius 2 is 2.12 bits per heavy atom. The van der Waals surface area contributed by atoms with E-state index in [1.54, 1.807) is 0 Å².